The number of methoxy groups -OCH3 is 1. The Morgan fingerprint density at radius 2 is 1.92 bits per heavy atom. The Bertz CT molecular complexity index is 1540. The number of anilines is 2. The molecule has 5 aromatic rings. The summed E-state index contributed by atoms with van der Waals surface area (Å²) in [5, 5.41) is 4.07. The van der Waals surface area contributed by atoms with E-state index in [4.69, 9.17) is 10.5 Å². The summed E-state index contributed by atoms with van der Waals surface area (Å²) in [5.41, 5.74) is 11.8. The highest BCUT2D eigenvalue weighted by atomic mass is 16.5. The number of aromatic nitrogens is 4. The normalized spacial score (nSPS) is 12.2. The van der Waals surface area contributed by atoms with Crippen molar-refractivity contribution in [3.63, 3.8) is 0 Å². The molecule has 9 heteroatoms. The number of nitrogens with zero attached hydrogens (tertiary/aromatic N) is 3. The quantitative estimate of drug-likeness (QED) is 0.241. The summed E-state index contributed by atoms with van der Waals surface area (Å²) in [7, 11) is 1.65. The van der Waals surface area contributed by atoms with E-state index in [1.807, 2.05) is 55.5 Å². The lowest BCUT2D eigenvalue weighted by Crippen LogP contribution is -2.46. The molecule has 0 radical (unpaired) electrons. The summed E-state index contributed by atoms with van der Waals surface area (Å²) >= 11 is 0. The number of fused-ring (bicyclic) bond motifs is 2. The fourth-order valence-corrected chi connectivity index (χ4v) is 4.68. The maximum absolute atomic E-state index is 13.2. The van der Waals surface area contributed by atoms with Crippen LogP contribution in [0.2, 0.25) is 0 Å². The van der Waals surface area contributed by atoms with Gasteiger partial charge in [0.05, 0.1) is 12.6 Å². The van der Waals surface area contributed by atoms with Gasteiger partial charge in [0.25, 0.3) is 5.91 Å². The Labute approximate surface area is 215 Å². The number of nitrogen functional groups attached to an aromatic ring is 1. The van der Waals surface area contributed by atoms with Gasteiger partial charge in [0, 0.05) is 53.6 Å². The summed E-state index contributed by atoms with van der Waals surface area (Å²) in [5.74, 6) is 1.03. The van der Waals surface area contributed by atoms with Crippen LogP contribution in [-0.4, -0.2) is 58.7 Å². The first-order valence-electron chi connectivity index (χ1n) is 12.3. The van der Waals surface area contributed by atoms with E-state index < -0.39 is 0 Å². The van der Waals surface area contributed by atoms with Crippen LogP contribution in [0.1, 0.15) is 23.1 Å². The molecule has 37 heavy (non-hydrogen) atoms. The van der Waals surface area contributed by atoms with Crippen LogP contribution in [0.3, 0.4) is 0 Å². The molecule has 0 aliphatic rings. The maximum Gasteiger partial charge on any atom is 0.251 e. The van der Waals surface area contributed by atoms with Gasteiger partial charge in [-0.05, 0) is 56.3 Å². The first-order chi connectivity index (χ1) is 17.9. The second-order valence-corrected chi connectivity index (χ2v) is 9.10. The van der Waals surface area contributed by atoms with Crippen molar-refractivity contribution >= 4 is 39.5 Å². The zero-order chi connectivity index (χ0) is 25.9. The number of para-hydroxylation sites is 1. The molecular weight excluding hydrogens is 466 g/mol. The van der Waals surface area contributed by atoms with Gasteiger partial charge in [0.15, 0.2) is 5.65 Å². The first-order valence-corrected chi connectivity index (χ1v) is 12.3. The largest absolute Gasteiger partial charge is 0.384 e. The van der Waals surface area contributed by atoms with Gasteiger partial charge in [0.1, 0.15) is 17.2 Å². The predicted octanol–water partition coefficient (Wildman–Crippen LogP) is 4.27. The molecule has 5 rings (SSSR count). The van der Waals surface area contributed by atoms with Crippen molar-refractivity contribution in [2.45, 2.75) is 19.9 Å². The number of aryl methyl sites for hydroxylation is 1. The number of amides is 1. The van der Waals surface area contributed by atoms with E-state index in [1.165, 1.54) is 0 Å². The van der Waals surface area contributed by atoms with Crippen molar-refractivity contribution in [1.82, 2.24) is 25.3 Å². The average molecular weight is 498 g/mol. The zero-order valence-corrected chi connectivity index (χ0v) is 21.2. The number of ether oxygens (including phenoxy) is 1. The van der Waals surface area contributed by atoms with E-state index in [2.05, 4.69) is 49.2 Å². The van der Waals surface area contributed by atoms with E-state index in [0.717, 1.165) is 45.7 Å². The van der Waals surface area contributed by atoms with Crippen molar-refractivity contribution < 1.29 is 9.53 Å². The maximum atomic E-state index is 13.2. The van der Waals surface area contributed by atoms with Crippen LogP contribution in [0, 0.1) is 6.92 Å². The molecule has 0 aliphatic heterocycles. The van der Waals surface area contributed by atoms with Crippen LogP contribution in [0.15, 0.2) is 60.7 Å². The number of nitrogens with one attached hydrogen (secondary N) is 3. The number of aromatic amines is 2. The number of likely N-dealkylation sites (N-methyl/N-ethyl adjacent to an activating group) is 1. The molecule has 3 heterocycles. The van der Waals surface area contributed by atoms with Crippen LogP contribution in [-0.2, 0) is 4.74 Å². The summed E-state index contributed by atoms with van der Waals surface area (Å²) in [6.45, 7) is 5.85. The second-order valence-electron chi connectivity index (χ2n) is 9.10. The molecule has 1 unspecified atom stereocenters. The third kappa shape index (κ3) is 5.12. The third-order valence-corrected chi connectivity index (χ3v) is 6.41. The Balaban J connectivity index is 1.38. The smallest absolute Gasteiger partial charge is 0.251 e. The van der Waals surface area contributed by atoms with E-state index >= 15 is 0 Å². The molecule has 1 atom stereocenters. The monoisotopic (exact) mass is 497 g/mol. The lowest BCUT2D eigenvalue weighted by atomic mass is 10.1. The lowest BCUT2D eigenvalue weighted by Gasteiger charge is -2.28. The minimum absolute atomic E-state index is 0.144. The fourth-order valence-electron chi connectivity index (χ4n) is 4.68. The highest BCUT2D eigenvalue weighted by Gasteiger charge is 2.19. The molecular formula is C28H31N7O2. The highest BCUT2D eigenvalue weighted by Crippen LogP contribution is 2.30. The Morgan fingerprint density at radius 3 is 2.68 bits per heavy atom. The molecule has 0 spiro atoms. The highest BCUT2D eigenvalue weighted by molar-refractivity contribution is 6.00. The standard InChI is InChI=1S/C28H31N7O2/c1-4-35(21-8-6-5-7-9-21)15-20(16-37-3)32-28(36)18-10-11-23-19(12-18)13-24(33-23)22-14-25(29)34-27-26(22)30-17(2)31-27/h5-14,20,33H,4,15-16H2,1-3H3,(H,32,36)(H3,29,30,31,34). The Hall–Kier alpha value is -4.37. The van der Waals surface area contributed by atoms with Gasteiger partial charge in [-0.1, -0.05) is 18.2 Å². The molecule has 190 valence electrons. The van der Waals surface area contributed by atoms with Gasteiger partial charge in [-0.15, -0.1) is 0 Å². The van der Waals surface area contributed by atoms with Gasteiger partial charge in [0.2, 0.25) is 0 Å². The SMILES string of the molecule is CCN(CC(COC)NC(=O)c1ccc2[nH]c(-c3cc(N)nc4[nH]c(C)nc34)cc2c1)c1ccccc1. The topological polar surface area (TPSA) is 125 Å². The lowest BCUT2D eigenvalue weighted by molar-refractivity contribution is 0.0900. The van der Waals surface area contributed by atoms with Gasteiger partial charge in [-0.25, -0.2) is 9.97 Å². The fraction of sp³-hybridized carbons (Fsp3) is 0.250. The number of rotatable bonds is 9. The van der Waals surface area contributed by atoms with Gasteiger partial charge in [-0.3, -0.25) is 4.79 Å². The summed E-state index contributed by atoms with van der Waals surface area (Å²) in [4.78, 5) is 31.0. The van der Waals surface area contributed by atoms with Gasteiger partial charge in [-0.2, -0.15) is 0 Å². The van der Waals surface area contributed by atoms with Crippen LogP contribution in [0.4, 0.5) is 11.5 Å². The number of carbonyl (C=O) groups is 1. The van der Waals surface area contributed by atoms with Gasteiger partial charge < -0.3 is 30.7 Å². The molecule has 5 N–H and O–H groups in total. The Kier molecular flexibility index (Phi) is 6.78. The summed E-state index contributed by atoms with van der Waals surface area (Å²) < 4.78 is 5.42. The molecule has 0 bridgehead atoms. The third-order valence-electron chi connectivity index (χ3n) is 6.41. The van der Waals surface area contributed by atoms with Crippen molar-refractivity contribution in [1.29, 1.82) is 0 Å². The number of hydrogen-bond donors (Lipinski definition) is 4. The van der Waals surface area contributed by atoms with E-state index in [1.54, 1.807) is 7.11 Å². The van der Waals surface area contributed by atoms with Crippen molar-refractivity contribution in [3.05, 3.63) is 72.1 Å². The van der Waals surface area contributed by atoms with Gasteiger partial charge >= 0.3 is 0 Å². The van der Waals surface area contributed by atoms with Crippen LogP contribution >= 0.6 is 0 Å². The number of benzene rings is 2. The molecule has 1 amide bonds. The minimum Gasteiger partial charge on any atom is -0.384 e. The van der Waals surface area contributed by atoms with E-state index in [9.17, 15) is 4.79 Å². The average Bonchev–Trinajstić information content (AvgIpc) is 3.49. The van der Waals surface area contributed by atoms with Crippen molar-refractivity contribution in [3.8, 4) is 11.3 Å². The predicted molar refractivity (Wildman–Crippen MR) is 148 cm³/mol. The molecule has 2 aromatic carbocycles. The minimum atomic E-state index is -0.175. The molecule has 9 nitrogen and oxygen atoms in total. The number of nitrogens with two attached hydrogens (primary N) is 1. The van der Waals surface area contributed by atoms with E-state index in [0.29, 0.717) is 30.2 Å². The number of pyridine rings is 1. The molecule has 0 fully saturated rings. The summed E-state index contributed by atoms with van der Waals surface area (Å²) in [6, 6.07) is 19.4. The van der Waals surface area contributed by atoms with Crippen LogP contribution in [0.5, 0.6) is 0 Å². The molecule has 3 aromatic heterocycles. The zero-order valence-electron chi connectivity index (χ0n) is 21.2. The van der Waals surface area contributed by atoms with Crippen molar-refractivity contribution in [2.75, 3.05) is 37.4 Å². The molecule has 0 saturated carbocycles. The molecule has 0 saturated heterocycles. The second kappa shape index (κ2) is 10.3. The number of carbonyl (C=O) groups excluding carboxylic acids is 1. The van der Waals surface area contributed by atoms with Crippen LogP contribution < -0.4 is 16.0 Å². The Morgan fingerprint density at radius 1 is 1.11 bits per heavy atom. The first kappa shape index (κ1) is 24.3. The van der Waals surface area contributed by atoms with Crippen molar-refractivity contribution in [2.24, 2.45) is 0 Å². The molecule has 0 aliphatic carbocycles. The number of imidazole rings is 1. The summed E-state index contributed by atoms with van der Waals surface area (Å²) in [6.07, 6.45) is 0. The number of H-pyrrole nitrogens is 2. The number of hydrogen-bond acceptors (Lipinski definition) is 6. The van der Waals surface area contributed by atoms with E-state index in [-0.39, 0.29) is 11.9 Å². The van der Waals surface area contributed by atoms with Crippen LogP contribution in [0.25, 0.3) is 33.3 Å².